The minimum atomic E-state index is -0.452. The van der Waals surface area contributed by atoms with E-state index in [-0.39, 0.29) is 17.9 Å². The molecule has 0 unspecified atom stereocenters. The molecule has 1 aliphatic rings. The Kier molecular flexibility index (Phi) is 8.59. The molecule has 1 aliphatic carbocycles. The summed E-state index contributed by atoms with van der Waals surface area (Å²) in [4.78, 5) is 29.4. The molecule has 1 saturated carbocycles. The molecule has 0 radical (unpaired) electrons. The Morgan fingerprint density at radius 2 is 1.74 bits per heavy atom. The Morgan fingerprint density at radius 3 is 2.39 bits per heavy atom. The van der Waals surface area contributed by atoms with Gasteiger partial charge in [0.1, 0.15) is 6.04 Å². The fourth-order valence-electron chi connectivity index (χ4n) is 4.12. The Labute approximate surface area is 190 Å². The summed E-state index contributed by atoms with van der Waals surface area (Å²) in [7, 11) is 0. The van der Waals surface area contributed by atoms with Gasteiger partial charge in [0.25, 0.3) is 0 Å². The summed E-state index contributed by atoms with van der Waals surface area (Å²) in [5.74, 6) is 0.307. The van der Waals surface area contributed by atoms with Crippen LogP contribution >= 0.6 is 11.8 Å². The normalized spacial score (nSPS) is 14.9. The summed E-state index contributed by atoms with van der Waals surface area (Å²) >= 11 is 1.53. The van der Waals surface area contributed by atoms with Gasteiger partial charge in [-0.1, -0.05) is 61.7 Å². The summed E-state index contributed by atoms with van der Waals surface area (Å²) in [6.07, 6.45) is 5.02. The van der Waals surface area contributed by atoms with Crippen LogP contribution in [0.15, 0.2) is 53.4 Å². The van der Waals surface area contributed by atoms with Gasteiger partial charge in [-0.15, -0.1) is 11.8 Å². The number of benzene rings is 2. The molecule has 1 fully saturated rings. The van der Waals surface area contributed by atoms with Gasteiger partial charge in [0.2, 0.25) is 11.8 Å². The van der Waals surface area contributed by atoms with Crippen LogP contribution in [0.3, 0.4) is 0 Å². The van der Waals surface area contributed by atoms with Gasteiger partial charge in [-0.2, -0.15) is 0 Å². The third kappa shape index (κ3) is 6.60. The van der Waals surface area contributed by atoms with E-state index in [0.717, 1.165) is 28.9 Å². The van der Waals surface area contributed by atoms with E-state index in [2.05, 4.69) is 37.4 Å². The fourth-order valence-corrected chi connectivity index (χ4v) is 4.91. The molecule has 166 valence electrons. The summed E-state index contributed by atoms with van der Waals surface area (Å²) in [6, 6.07) is 16.1. The van der Waals surface area contributed by atoms with Gasteiger partial charge in [0.05, 0.1) is 5.75 Å². The zero-order valence-corrected chi connectivity index (χ0v) is 19.7. The molecule has 2 aromatic rings. The van der Waals surface area contributed by atoms with Gasteiger partial charge in [-0.05, 0) is 56.4 Å². The molecule has 1 atom stereocenters. The summed E-state index contributed by atoms with van der Waals surface area (Å²) in [5.41, 5.74) is 3.42. The van der Waals surface area contributed by atoms with Gasteiger partial charge in [-0.25, -0.2) is 0 Å². The number of carbonyl (C=O) groups excluding carboxylic acids is 2. The first-order valence-corrected chi connectivity index (χ1v) is 12.3. The number of nitrogens with one attached hydrogen (secondary N) is 1. The zero-order valence-electron chi connectivity index (χ0n) is 18.9. The number of thioether (sulfide) groups is 1. The largest absolute Gasteiger partial charge is 0.352 e. The summed E-state index contributed by atoms with van der Waals surface area (Å²) < 4.78 is 0. The molecule has 0 bridgehead atoms. The number of hydrogen-bond donors (Lipinski definition) is 1. The Balaban J connectivity index is 1.76. The van der Waals surface area contributed by atoms with Crippen LogP contribution in [0.25, 0.3) is 0 Å². The first-order chi connectivity index (χ1) is 15.0. The summed E-state index contributed by atoms with van der Waals surface area (Å²) in [6.45, 7) is 6.55. The average molecular weight is 439 g/mol. The van der Waals surface area contributed by atoms with Crippen molar-refractivity contribution in [1.29, 1.82) is 0 Å². The predicted octanol–water partition coefficient (Wildman–Crippen LogP) is 5.26. The summed E-state index contributed by atoms with van der Waals surface area (Å²) in [5, 5.41) is 3.21. The first kappa shape index (κ1) is 23.4. The van der Waals surface area contributed by atoms with Crippen LogP contribution in [-0.2, 0) is 16.1 Å². The van der Waals surface area contributed by atoms with Crippen molar-refractivity contribution in [3.63, 3.8) is 0 Å². The van der Waals surface area contributed by atoms with E-state index in [0.29, 0.717) is 18.7 Å². The molecule has 0 spiro atoms. The van der Waals surface area contributed by atoms with Crippen molar-refractivity contribution in [3.8, 4) is 0 Å². The smallest absolute Gasteiger partial charge is 0.243 e. The molecule has 3 rings (SSSR count). The van der Waals surface area contributed by atoms with Crippen LogP contribution in [0.4, 0.5) is 0 Å². The van der Waals surface area contributed by atoms with E-state index in [1.54, 1.807) is 4.90 Å². The van der Waals surface area contributed by atoms with Crippen LogP contribution in [0.1, 0.15) is 55.7 Å². The van der Waals surface area contributed by atoms with Crippen molar-refractivity contribution in [1.82, 2.24) is 10.2 Å². The second-order valence-corrected chi connectivity index (χ2v) is 9.51. The van der Waals surface area contributed by atoms with Crippen molar-refractivity contribution in [2.75, 3.05) is 5.75 Å². The maximum absolute atomic E-state index is 13.4. The number of amides is 2. The second kappa shape index (κ2) is 11.4. The highest BCUT2D eigenvalue weighted by Gasteiger charge is 2.30. The second-order valence-electron chi connectivity index (χ2n) is 8.46. The molecular formula is C26H34N2O2S. The first-order valence-electron chi connectivity index (χ1n) is 11.3. The third-order valence-electron chi connectivity index (χ3n) is 6.07. The molecule has 4 nitrogen and oxygen atoms in total. The Hall–Kier alpha value is -2.27. The van der Waals surface area contributed by atoms with E-state index >= 15 is 0 Å². The molecule has 0 heterocycles. The number of carbonyl (C=O) groups is 2. The molecule has 5 heteroatoms. The van der Waals surface area contributed by atoms with E-state index in [1.807, 2.05) is 37.3 Å². The van der Waals surface area contributed by atoms with Crippen molar-refractivity contribution in [3.05, 3.63) is 65.2 Å². The van der Waals surface area contributed by atoms with Crippen LogP contribution in [0.2, 0.25) is 0 Å². The molecule has 2 aromatic carbocycles. The highest BCUT2D eigenvalue weighted by molar-refractivity contribution is 8.00. The maximum atomic E-state index is 13.4. The predicted molar refractivity (Wildman–Crippen MR) is 128 cm³/mol. The number of rotatable bonds is 9. The minimum Gasteiger partial charge on any atom is -0.352 e. The van der Waals surface area contributed by atoms with E-state index in [4.69, 9.17) is 0 Å². The highest BCUT2D eigenvalue weighted by Crippen LogP contribution is 2.23. The van der Waals surface area contributed by atoms with Gasteiger partial charge >= 0.3 is 0 Å². The number of hydrogen-bond acceptors (Lipinski definition) is 3. The Morgan fingerprint density at radius 1 is 1.06 bits per heavy atom. The molecule has 31 heavy (non-hydrogen) atoms. The number of nitrogens with zero attached hydrogens (tertiary/aromatic N) is 1. The standard InChI is InChI=1S/C26H34N2O2S/c1-4-24(26(30)27-22-11-7-8-12-22)28(17-21-10-6-5-9-20(21)3)25(29)18-31-23-15-13-19(2)14-16-23/h5-6,9-10,13-16,22,24H,4,7-8,11-12,17-18H2,1-3H3,(H,27,30)/t24-/m0/s1. The average Bonchev–Trinajstić information content (AvgIpc) is 3.27. The van der Waals surface area contributed by atoms with Crippen LogP contribution in [0, 0.1) is 13.8 Å². The van der Waals surface area contributed by atoms with Crippen molar-refractivity contribution in [2.45, 2.75) is 76.4 Å². The highest BCUT2D eigenvalue weighted by atomic mass is 32.2. The number of aryl methyl sites for hydroxylation is 2. The fraction of sp³-hybridized carbons (Fsp3) is 0.462. The van der Waals surface area contributed by atoms with Crippen molar-refractivity contribution >= 4 is 23.6 Å². The lowest BCUT2D eigenvalue weighted by atomic mass is 10.1. The van der Waals surface area contributed by atoms with E-state index < -0.39 is 6.04 Å². The third-order valence-corrected chi connectivity index (χ3v) is 7.07. The quantitative estimate of drug-likeness (QED) is 0.543. The molecule has 2 amide bonds. The van der Waals surface area contributed by atoms with Crippen molar-refractivity contribution < 1.29 is 9.59 Å². The minimum absolute atomic E-state index is 0.00208. The van der Waals surface area contributed by atoms with Gasteiger partial charge in [-0.3, -0.25) is 9.59 Å². The molecule has 0 aromatic heterocycles. The Bertz CT molecular complexity index is 875. The molecule has 0 aliphatic heterocycles. The molecule has 1 N–H and O–H groups in total. The van der Waals surface area contributed by atoms with Gasteiger partial charge in [0, 0.05) is 17.5 Å². The molecule has 0 saturated heterocycles. The van der Waals surface area contributed by atoms with Crippen LogP contribution in [0.5, 0.6) is 0 Å². The SMILES string of the molecule is CC[C@@H](C(=O)NC1CCCC1)N(Cc1ccccc1C)C(=O)CSc1ccc(C)cc1. The van der Waals surface area contributed by atoms with Crippen molar-refractivity contribution in [2.24, 2.45) is 0 Å². The van der Waals surface area contributed by atoms with Crippen LogP contribution in [-0.4, -0.2) is 34.6 Å². The van der Waals surface area contributed by atoms with Gasteiger partial charge < -0.3 is 10.2 Å². The van der Waals surface area contributed by atoms with Gasteiger partial charge in [0.15, 0.2) is 0 Å². The lowest BCUT2D eigenvalue weighted by Crippen LogP contribution is -2.51. The van der Waals surface area contributed by atoms with E-state index in [1.165, 1.54) is 30.2 Å². The maximum Gasteiger partial charge on any atom is 0.243 e. The topological polar surface area (TPSA) is 49.4 Å². The lowest BCUT2D eigenvalue weighted by molar-refractivity contribution is -0.139. The lowest BCUT2D eigenvalue weighted by Gasteiger charge is -2.32. The zero-order chi connectivity index (χ0) is 22.2. The van der Waals surface area contributed by atoms with E-state index in [9.17, 15) is 9.59 Å². The molecular weight excluding hydrogens is 404 g/mol. The van der Waals surface area contributed by atoms with Crippen LogP contribution < -0.4 is 5.32 Å². The monoisotopic (exact) mass is 438 g/mol.